The van der Waals surface area contributed by atoms with Gasteiger partial charge in [-0.15, -0.1) is 0 Å². The normalized spacial score (nSPS) is 16.3. The first-order valence-corrected chi connectivity index (χ1v) is 11.9. The monoisotopic (exact) mass is 465 g/mol. The number of piperidine rings is 1. The Morgan fingerprint density at radius 2 is 2.09 bits per heavy atom. The van der Waals surface area contributed by atoms with Gasteiger partial charge in [-0.05, 0) is 51.4 Å². The van der Waals surface area contributed by atoms with Crippen molar-refractivity contribution in [2.75, 3.05) is 26.7 Å². The maximum Gasteiger partial charge on any atom is 0.227 e. The zero-order valence-electron chi connectivity index (χ0n) is 20.7. The molecule has 1 saturated heterocycles. The lowest BCUT2D eigenvalue weighted by Crippen LogP contribution is -2.42. The number of carbonyl (C=O) groups is 1. The van der Waals surface area contributed by atoms with Crippen molar-refractivity contribution in [3.8, 4) is 5.75 Å². The number of ether oxygens (including phenoxy) is 1. The molecule has 1 amide bonds. The van der Waals surface area contributed by atoms with Gasteiger partial charge in [-0.25, -0.2) is 0 Å². The number of benzene rings is 1. The summed E-state index contributed by atoms with van der Waals surface area (Å²) in [7, 11) is 4.04. The van der Waals surface area contributed by atoms with Crippen LogP contribution in [0.4, 0.5) is 0 Å². The highest BCUT2D eigenvalue weighted by Gasteiger charge is 2.25. The van der Waals surface area contributed by atoms with E-state index in [0.29, 0.717) is 18.9 Å². The van der Waals surface area contributed by atoms with Crippen molar-refractivity contribution in [2.45, 2.75) is 46.2 Å². The number of rotatable bonds is 9. The summed E-state index contributed by atoms with van der Waals surface area (Å²) in [5, 5.41) is 8.21. The zero-order chi connectivity index (χ0) is 24.1. The van der Waals surface area contributed by atoms with Gasteiger partial charge < -0.3 is 14.2 Å². The summed E-state index contributed by atoms with van der Waals surface area (Å²) in [4.78, 5) is 17.1. The van der Waals surface area contributed by atoms with Crippen LogP contribution in [0.15, 0.2) is 41.2 Å². The van der Waals surface area contributed by atoms with Gasteiger partial charge in [0.25, 0.3) is 0 Å². The van der Waals surface area contributed by atoms with Gasteiger partial charge in [0, 0.05) is 56.5 Å². The Balaban J connectivity index is 1.27. The third-order valence-electron chi connectivity index (χ3n) is 6.43. The van der Waals surface area contributed by atoms with Crippen LogP contribution in [0.3, 0.4) is 0 Å². The number of amides is 1. The Kier molecular flexibility index (Phi) is 7.67. The predicted molar refractivity (Wildman–Crippen MR) is 129 cm³/mol. The predicted octanol–water partition coefficient (Wildman–Crippen LogP) is 3.52. The molecule has 4 rings (SSSR count). The molecule has 182 valence electrons. The fourth-order valence-corrected chi connectivity index (χ4v) is 4.63. The number of carbonyl (C=O) groups excluding carboxylic acids is 1. The second kappa shape index (κ2) is 10.9. The van der Waals surface area contributed by atoms with E-state index in [0.717, 1.165) is 61.8 Å². The average molecular weight is 466 g/mol. The van der Waals surface area contributed by atoms with E-state index in [1.54, 1.807) is 0 Å². The second-order valence-corrected chi connectivity index (χ2v) is 9.48. The third kappa shape index (κ3) is 6.26. The summed E-state index contributed by atoms with van der Waals surface area (Å²) in [6.07, 6.45) is 6.37. The van der Waals surface area contributed by atoms with Crippen LogP contribution in [-0.4, -0.2) is 57.4 Å². The Hall–Kier alpha value is -3.13. The van der Waals surface area contributed by atoms with E-state index in [4.69, 9.17) is 9.26 Å². The van der Waals surface area contributed by atoms with Crippen LogP contribution in [0.1, 0.15) is 41.0 Å². The van der Waals surface area contributed by atoms with Gasteiger partial charge in [0.05, 0.1) is 24.9 Å². The minimum absolute atomic E-state index is 0.137. The quantitative estimate of drug-likeness (QED) is 0.481. The Morgan fingerprint density at radius 1 is 1.26 bits per heavy atom. The van der Waals surface area contributed by atoms with E-state index in [9.17, 15) is 4.79 Å². The van der Waals surface area contributed by atoms with Crippen LogP contribution < -0.4 is 4.74 Å². The van der Waals surface area contributed by atoms with Gasteiger partial charge in [0.1, 0.15) is 11.5 Å². The zero-order valence-corrected chi connectivity index (χ0v) is 20.7. The molecule has 0 bridgehead atoms. The number of hydrogen-bond donors (Lipinski definition) is 0. The van der Waals surface area contributed by atoms with E-state index in [-0.39, 0.29) is 5.91 Å². The molecule has 2 aromatic heterocycles. The number of likely N-dealkylation sites (tertiary alicyclic amines) is 1. The molecule has 0 radical (unpaired) electrons. The maximum absolute atomic E-state index is 12.9. The number of aromatic nitrogens is 3. The van der Waals surface area contributed by atoms with Crippen molar-refractivity contribution < 1.29 is 14.1 Å². The standard InChI is InChI=1S/C26H35N5O3/c1-19-25(20(2)34-28-19)12-26(32)31-10-6-8-22(17-31)18-33-24-9-5-7-21(11-24)14-29(3)15-23-13-27-30(4)16-23/h5,7,9,11,13,16,22H,6,8,10,12,14-15,17-18H2,1-4H3/t22-/m0/s1. The topological polar surface area (TPSA) is 76.6 Å². The molecule has 34 heavy (non-hydrogen) atoms. The summed E-state index contributed by atoms with van der Waals surface area (Å²) in [6.45, 7) is 7.58. The molecule has 0 spiro atoms. The van der Waals surface area contributed by atoms with Crippen molar-refractivity contribution in [1.29, 1.82) is 0 Å². The largest absolute Gasteiger partial charge is 0.493 e. The van der Waals surface area contributed by atoms with Crippen LogP contribution in [0.5, 0.6) is 5.75 Å². The smallest absolute Gasteiger partial charge is 0.227 e. The molecule has 0 N–H and O–H groups in total. The highest BCUT2D eigenvalue weighted by molar-refractivity contribution is 5.79. The van der Waals surface area contributed by atoms with E-state index in [2.05, 4.69) is 34.3 Å². The van der Waals surface area contributed by atoms with Crippen LogP contribution >= 0.6 is 0 Å². The molecule has 8 nitrogen and oxygen atoms in total. The summed E-state index contributed by atoms with van der Waals surface area (Å²) < 4.78 is 13.2. The van der Waals surface area contributed by atoms with Crippen LogP contribution in [0.2, 0.25) is 0 Å². The molecule has 1 atom stereocenters. The Labute approximate surface area is 201 Å². The third-order valence-corrected chi connectivity index (χ3v) is 6.43. The Morgan fingerprint density at radius 3 is 2.82 bits per heavy atom. The van der Waals surface area contributed by atoms with E-state index >= 15 is 0 Å². The van der Waals surface area contributed by atoms with Gasteiger partial charge in [-0.3, -0.25) is 14.4 Å². The van der Waals surface area contributed by atoms with Crippen molar-refractivity contribution in [3.63, 3.8) is 0 Å². The summed E-state index contributed by atoms with van der Waals surface area (Å²) in [5.74, 6) is 2.08. The number of nitrogens with zero attached hydrogens (tertiary/aromatic N) is 5. The van der Waals surface area contributed by atoms with E-state index in [1.165, 1.54) is 11.1 Å². The van der Waals surface area contributed by atoms with Crippen LogP contribution in [0.25, 0.3) is 0 Å². The van der Waals surface area contributed by atoms with Gasteiger partial charge in [-0.2, -0.15) is 5.10 Å². The second-order valence-electron chi connectivity index (χ2n) is 9.48. The van der Waals surface area contributed by atoms with Crippen molar-refractivity contribution in [3.05, 3.63) is 64.8 Å². The molecule has 3 heterocycles. The lowest BCUT2D eigenvalue weighted by atomic mass is 9.98. The van der Waals surface area contributed by atoms with Gasteiger partial charge in [0.15, 0.2) is 0 Å². The van der Waals surface area contributed by atoms with Crippen LogP contribution in [0, 0.1) is 19.8 Å². The lowest BCUT2D eigenvalue weighted by molar-refractivity contribution is -0.132. The first kappa shape index (κ1) is 24.0. The SMILES string of the molecule is Cc1noc(C)c1CC(=O)N1CCC[C@H](COc2cccc(CN(C)Cc3cnn(C)c3)c2)C1. The molecular formula is C26H35N5O3. The van der Waals surface area contributed by atoms with Crippen molar-refractivity contribution in [2.24, 2.45) is 13.0 Å². The summed E-state index contributed by atoms with van der Waals surface area (Å²) >= 11 is 0. The van der Waals surface area contributed by atoms with E-state index < -0.39 is 0 Å². The highest BCUT2D eigenvalue weighted by Crippen LogP contribution is 2.22. The maximum atomic E-state index is 12.9. The fraction of sp³-hybridized carbons (Fsp3) is 0.500. The lowest BCUT2D eigenvalue weighted by Gasteiger charge is -2.32. The van der Waals surface area contributed by atoms with Gasteiger partial charge in [0.2, 0.25) is 5.91 Å². The molecule has 1 fully saturated rings. The molecule has 0 unspecified atom stereocenters. The van der Waals surface area contributed by atoms with Gasteiger partial charge >= 0.3 is 0 Å². The highest BCUT2D eigenvalue weighted by atomic mass is 16.5. The van der Waals surface area contributed by atoms with Gasteiger partial charge in [-0.1, -0.05) is 17.3 Å². The average Bonchev–Trinajstić information content (AvgIpc) is 3.37. The Bertz CT molecular complexity index is 1090. The molecular weight excluding hydrogens is 430 g/mol. The molecule has 8 heteroatoms. The molecule has 1 aromatic carbocycles. The van der Waals surface area contributed by atoms with Crippen molar-refractivity contribution in [1.82, 2.24) is 24.7 Å². The van der Waals surface area contributed by atoms with Crippen LogP contribution in [-0.2, 0) is 31.4 Å². The molecule has 3 aromatic rings. The molecule has 1 aliphatic rings. The molecule has 0 aliphatic carbocycles. The number of aryl methyl sites for hydroxylation is 3. The summed E-state index contributed by atoms with van der Waals surface area (Å²) in [6, 6.07) is 8.29. The van der Waals surface area contributed by atoms with Crippen molar-refractivity contribution >= 4 is 5.91 Å². The summed E-state index contributed by atoms with van der Waals surface area (Å²) in [5.41, 5.74) is 4.12. The fourth-order valence-electron chi connectivity index (χ4n) is 4.63. The van der Waals surface area contributed by atoms with E-state index in [1.807, 2.05) is 55.0 Å². The minimum atomic E-state index is 0.137. The minimum Gasteiger partial charge on any atom is -0.493 e. The molecule has 1 aliphatic heterocycles. The number of hydrogen-bond acceptors (Lipinski definition) is 6. The first-order valence-electron chi connectivity index (χ1n) is 11.9. The first-order chi connectivity index (χ1) is 16.4. The molecule has 0 saturated carbocycles.